The van der Waals surface area contributed by atoms with Crippen molar-refractivity contribution in [2.45, 2.75) is 6.42 Å². The first kappa shape index (κ1) is 8.53. The summed E-state index contributed by atoms with van der Waals surface area (Å²) in [7, 11) is 0. The van der Waals surface area contributed by atoms with Crippen molar-refractivity contribution in [1.82, 2.24) is 0 Å². The first-order valence-corrected chi connectivity index (χ1v) is 3.92. The van der Waals surface area contributed by atoms with Crippen molar-refractivity contribution < 1.29 is 8.78 Å². The fourth-order valence-corrected chi connectivity index (χ4v) is 1.10. The van der Waals surface area contributed by atoms with E-state index in [4.69, 9.17) is 0 Å². The maximum atomic E-state index is 12.8. The monoisotopic (exact) mass is 174 g/mol. The molecule has 60 valence electrons. The van der Waals surface area contributed by atoms with Crippen LogP contribution in [0.25, 0.3) is 0 Å². The zero-order valence-electron chi connectivity index (χ0n) is 5.85. The molecule has 0 aliphatic rings. The molecule has 0 bridgehead atoms. The minimum atomic E-state index is -0.400. The summed E-state index contributed by atoms with van der Waals surface area (Å²) in [4.78, 5) is 0. The minimum Gasteiger partial charge on any atom is -0.207 e. The van der Waals surface area contributed by atoms with Gasteiger partial charge in [-0.1, -0.05) is 0 Å². The van der Waals surface area contributed by atoms with Crippen LogP contribution in [0.1, 0.15) is 5.56 Å². The van der Waals surface area contributed by atoms with Crippen molar-refractivity contribution in [3.05, 3.63) is 35.4 Å². The Morgan fingerprint density at radius 1 is 1.27 bits per heavy atom. The zero-order valence-corrected chi connectivity index (χ0v) is 6.74. The molecule has 0 saturated carbocycles. The summed E-state index contributed by atoms with van der Waals surface area (Å²) in [5.41, 5.74) is 0.389. The Balaban J connectivity index is 2.93. The predicted octanol–water partition coefficient (Wildman–Crippen LogP) is 2.44. The van der Waals surface area contributed by atoms with E-state index in [1.165, 1.54) is 6.07 Å². The van der Waals surface area contributed by atoms with Gasteiger partial charge >= 0.3 is 0 Å². The number of thiol groups is 1. The molecule has 0 N–H and O–H groups in total. The smallest absolute Gasteiger partial charge is 0.126 e. The van der Waals surface area contributed by atoms with E-state index in [0.29, 0.717) is 17.7 Å². The molecule has 3 heteroatoms. The van der Waals surface area contributed by atoms with E-state index in [-0.39, 0.29) is 5.82 Å². The molecule has 1 aromatic rings. The molecule has 1 aromatic carbocycles. The van der Waals surface area contributed by atoms with E-state index in [0.717, 1.165) is 12.1 Å². The quantitative estimate of drug-likeness (QED) is 0.654. The van der Waals surface area contributed by atoms with E-state index in [2.05, 4.69) is 12.6 Å². The Morgan fingerprint density at radius 2 is 2.00 bits per heavy atom. The first-order valence-electron chi connectivity index (χ1n) is 3.29. The van der Waals surface area contributed by atoms with Crippen molar-refractivity contribution in [2.24, 2.45) is 0 Å². The molecule has 0 unspecified atom stereocenters. The summed E-state index contributed by atoms with van der Waals surface area (Å²) in [6.45, 7) is 0. The van der Waals surface area contributed by atoms with E-state index >= 15 is 0 Å². The van der Waals surface area contributed by atoms with Gasteiger partial charge in [-0.2, -0.15) is 12.6 Å². The highest BCUT2D eigenvalue weighted by Gasteiger charge is 2.01. The SMILES string of the molecule is Fc1ccc(F)c(CCS)c1. The predicted molar refractivity (Wildman–Crippen MR) is 43.9 cm³/mol. The lowest BCUT2D eigenvalue weighted by molar-refractivity contribution is 0.587. The summed E-state index contributed by atoms with van der Waals surface area (Å²) in [6.07, 6.45) is 0.465. The molecule has 0 aromatic heterocycles. The van der Waals surface area contributed by atoms with Gasteiger partial charge in [-0.3, -0.25) is 0 Å². The van der Waals surface area contributed by atoms with Crippen LogP contribution >= 0.6 is 12.6 Å². The Hall–Kier alpha value is -0.570. The van der Waals surface area contributed by atoms with E-state index in [1.54, 1.807) is 0 Å². The van der Waals surface area contributed by atoms with Crippen LogP contribution in [0.4, 0.5) is 8.78 Å². The Kier molecular flexibility index (Phi) is 2.88. The molecular formula is C8H8F2S. The topological polar surface area (TPSA) is 0 Å². The van der Waals surface area contributed by atoms with Crippen molar-refractivity contribution in [1.29, 1.82) is 0 Å². The number of rotatable bonds is 2. The molecule has 0 atom stereocenters. The largest absolute Gasteiger partial charge is 0.207 e. The fraction of sp³-hybridized carbons (Fsp3) is 0.250. The molecule has 0 aliphatic heterocycles. The highest BCUT2D eigenvalue weighted by atomic mass is 32.1. The Bertz CT molecular complexity index is 248. The van der Waals surface area contributed by atoms with Crippen LogP contribution in [0.3, 0.4) is 0 Å². The zero-order chi connectivity index (χ0) is 8.27. The van der Waals surface area contributed by atoms with E-state index < -0.39 is 5.82 Å². The van der Waals surface area contributed by atoms with Crippen LogP contribution in [0.5, 0.6) is 0 Å². The lowest BCUT2D eigenvalue weighted by Crippen LogP contribution is -1.92. The standard InChI is InChI=1S/C8H8F2S/c9-7-1-2-8(10)6(5-7)3-4-11/h1-2,5,11H,3-4H2. The van der Waals surface area contributed by atoms with Crippen LogP contribution in [0.2, 0.25) is 0 Å². The second-order valence-corrected chi connectivity index (χ2v) is 2.66. The van der Waals surface area contributed by atoms with Crippen LogP contribution in [-0.4, -0.2) is 5.75 Å². The first-order chi connectivity index (χ1) is 5.24. The fourth-order valence-electron chi connectivity index (χ4n) is 0.855. The Morgan fingerprint density at radius 3 is 2.64 bits per heavy atom. The van der Waals surface area contributed by atoms with Gasteiger partial charge in [0.15, 0.2) is 0 Å². The number of aryl methyl sites for hydroxylation is 1. The molecule has 0 aliphatic carbocycles. The molecule has 0 amide bonds. The van der Waals surface area contributed by atoms with Crippen molar-refractivity contribution >= 4 is 12.6 Å². The third-order valence-electron chi connectivity index (χ3n) is 1.39. The van der Waals surface area contributed by atoms with Gasteiger partial charge < -0.3 is 0 Å². The van der Waals surface area contributed by atoms with E-state index in [1.807, 2.05) is 0 Å². The van der Waals surface area contributed by atoms with Gasteiger partial charge in [-0.15, -0.1) is 0 Å². The van der Waals surface area contributed by atoms with Gasteiger partial charge in [0.05, 0.1) is 0 Å². The van der Waals surface area contributed by atoms with Gasteiger partial charge in [-0.25, -0.2) is 8.78 Å². The van der Waals surface area contributed by atoms with Gasteiger partial charge in [0, 0.05) is 0 Å². The average Bonchev–Trinajstić information content (AvgIpc) is 1.98. The molecule has 1 rings (SSSR count). The number of hydrogen-bond donors (Lipinski definition) is 1. The number of benzene rings is 1. The molecule has 0 nitrogen and oxygen atoms in total. The summed E-state index contributed by atoms with van der Waals surface area (Å²) < 4.78 is 25.2. The molecule has 0 spiro atoms. The van der Waals surface area contributed by atoms with Crippen LogP contribution in [0.15, 0.2) is 18.2 Å². The molecule has 0 radical (unpaired) electrons. The molecule has 0 fully saturated rings. The summed E-state index contributed by atoms with van der Waals surface area (Å²) in [6, 6.07) is 3.44. The third-order valence-corrected chi connectivity index (χ3v) is 1.61. The van der Waals surface area contributed by atoms with Gasteiger partial charge in [-0.05, 0) is 35.9 Å². The summed E-state index contributed by atoms with van der Waals surface area (Å²) >= 11 is 3.92. The summed E-state index contributed by atoms with van der Waals surface area (Å²) in [5, 5.41) is 0. The minimum absolute atomic E-state index is 0.361. The summed E-state index contributed by atoms with van der Waals surface area (Å²) in [5.74, 6) is -0.232. The molecule has 0 saturated heterocycles. The van der Waals surface area contributed by atoms with Gasteiger partial charge in [0.2, 0.25) is 0 Å². The van der Waals surface area contributed by atoms with Gasteiger partial charge in [0.25, 0.3) is 0 Å². The normalized spacial score (nSPS) is 10.1. The van der Waals surface area contributed by atoms with Crippen LogP contribution < -0.4 is 0 Å². The molecular weight excluding hydrogens is 166 g/mol. The molecule has 0 heterocycles. The Labute approximate surface area is 69.6 Å². The highest BCUT2D eigenvalue weighted by molar-refractivity contribution is 7.80. The third kappa shape index (κ3) is 2.19. The number of halogens is 2. The maximum absolute atomic E-state index is 12.8. The van der Waals surface area contributed by atoms with Crippen molar-refractivity contribution in [2.75, 3.05) is 5.75 Å². The molecule has 11 heavy (non-hydrogen) atoms. The van der Waals surface area contributed by atoms with E-state index in [9.17, 15) is 8.78 Å². The van der Waals surface area contributed by atoms with Crippen LogP contribution in [-0.2, 0) is 6.42 Å². The lowest BCUT2D eigenvalue weighted by Gasteiger charge is -1.99. The second-order valence-electron chi connectivity index (χ2n) is 2.21. The highest BCUT2D eigenvalue weighted by Crippen LogP contribution is 2.10. The maximum Gasteiger partial charge on any atom is 0.126 e. The number of hydrogen-bond acceptors (Lipinski definition) is 1. The second kappa shape index (κ2) is 3.72. The lowest BCUT2D eigenvalue weighted by atomic mass is 10.1. The van der Waals surface area contributed by atoms with Crippen LogP contribution in [0, 0.1) is 11.6 Å². The average molecular weight is 174 g/mol. The van der Waals surface area contributed by atoms with Gasteiger partial charge in [0.1, 0.15) is 11.6 Å². The van der Waals surface area contributed by atoms with Crippen molar-refractivity contribution in [3.8, 4) is 0 Å². The van der Waals surface area contributed by atoms with Crippen molar-refractivity contribution in [3.63, 3.8) is 0 Å².